The second kappa shape index (κ2) is 6.83. The summed E-state index contributed by atoms with van der Waals surface area (Å²) in [5.74, 6) is -0.205. The number of sulfone groups is 1. The number of rotatable bonds is 2. The van der Waals surface area contributed by atoms with Crippen LogP contribution in [-0.2, 0) is 14.6 Å². The molecule has 1 aliphatic rings. The van der Waals surface area contributed by atoms with Crippen LogP contribution in [0, 0.1) is 0 Å². The van der Waals surface area contributed by atoms with E-state index < -0.39 is 15.9 Å². The number of nitrogen functional groups attached to an aromatic ring is 1. The lowest BCUT2D eigenvalue weighted by atomic mass is 9.99. The van der Waals surface area contributed by atoms with Gasteiger partial charge in [-0.2, -0.15) is 0 Å². The van der Waals surface area contributed by atoms with Crippen molar-refractivity contribution >= 4 is 38.9 Å². The van der Waals surface area contributed by atoms with Gasteiger partial charge in [0.2, 0.25) is 5.91 Å². The number of anilines is 3. The Balaban J connectivity index is 2.17. The van der Waals surface area contributed by atoms with Gasteiger partial charge in [-0.05, 0) is 36.8 Å². The molecule has 9 heteroatoms. The molecule has 2 aromatic rings. The lowest BCUT2D eigenvalue weighted by Gasteiger charge is -2.40. The minimum absolute atomic E-state index is 0.137. The molecule has 28 heavy (non-hydrogen) atoms. The largest absolute Gasteiger partial charge is 0.465 e. The topological polar surface area (TPSA) is 121 Å². The third-order valence-electron chi connectivity index (χ3n) is 4.75. The number of hydrogen-bond donors (Lipinski definition) is 2. The Morgan fingerprint density at radius 1 is 1.14 bits per heavy atom. The summed E-state index contributed by atoms with van der Waals surface area (Å²) >= 11 is 0. The standard InChI is InChI=1S/C19H21N3O5S/c1-11-10-21(19(24)25)17-8-15(16(20)9-18(17)22(11)12(2)23)13-4-6-14(7-5-13)28(3,26)27/h4-9,11H,10,20H2,1-3H3,(H,24,25)/t11-/m0/s1. The lowest BCUT2D eigenvalue weighted by Crippen LogP contribution is -2.51. The highest BCUT2D eigenvalue weighted by Gasteiger charge is 2.34. The SMILES string of the molecule is CC(=O)N1c2cc(N)c(-c3ccc(S(C)(=O)=O)cc3)cc2N(C(=O)O)C[C@@H]1C. The molecule has 1 heterocycles. The van der Waals surface area contributed by atoms with Crippen molar-refractivity contribution in [3.63, 3.8) is 0 Å². The number of nitrogens with two attached hydrogens (primary N) is 1. The van der Waals surface area contributed by atoms with Crippen molar-refractivity contribution in [3.8, 4) is 11.1 Å². The molecule has 0 saturated heterocycles. The average Bonchev–Trinajstić information content (AvgIpc) is 2.59. The molecule has 148 valence electrons. The van der Waals surface area contributed by atoms with Crippen LogP contribution in [0.15, 0.2) is 41.3 Å². The molecule has 0 saturated carbocycles. The molecule has 1 aliphatic heterocycles. The van der Waals surface area contributed by atoms with E-state index in [1.165, 1.54) is 28.9 Å². The molecule has 0 aromatic heterocycles. The fourth-order valence-corrected chi connectivity index (χ4v) is 4.11. The average molecular weight is 403 g/mol. The number of hydrogen-bond acceptors (Lipinski definition) is 5. The Labute approximate surface area is 163 Å². The molecular formula is C19H21N3O5S. The van der Waals surface area contributed by atoms with Crippen LogP contribution in [0.25, 0.3) is 11.1 Å². The van der Waals surface area contributed by atoms with Crippen molar-refractivity contribution in [3.05, 3.63) is 36.4 Å². The van der Waals surface area contributed by atoms with Crippen molar-refractivity contribution < 1.29 is 23.1 Å². The zero-order chi connectivity index (χ0) is 20.8. The molecule has 2 aromatic carbocycles. The summed E-state index contributed by atoms with van der Waals surface area (Å²) in [4.78, 5) is 26.8. The molecule has 0 aliphatic carbocycles. The Kier molecular flexibility index (Phi) is 4.80. The Morgan fingerprint density at radius 2 is 1.75 bits per heavy atom. The molecule has 1 atom stereocenters. The maximum Gasteiger partial charge on any atom is 0.411 e. The van der Waals surface area contributed by atoms with E-state index in [1.54, 1.807) is 31.2 Å². The predicted octanol–water partition coefficient (Wildman–Crippen LogP) is 2.58. The van der Waals surface area contributed by atoms with Crippen molar-refractivity contribution in [1.82, 2.24) is 0 Å². The van der Waals surface area contributed by atoms with Crippen LogP contribution >= 0.6 is 0 Å². The first-order valence-corrected chi connectivity index (χ1v) is 10.4. The van der Waals surface area contributed by atoms with Crippen LogP contribution < -0.4 is 15.5 Å². The van der Waals surface area contributed by atoms with Crippen molar-refractivity contribution in [2.75, 3.05) is 28.3 Å². The van der Waals surface area contributed by atoms with Gasteiger partial charge >= 0.3 is 6.09 Å². The van der Waals surface area contributed by atoms with Gasteiger partial charge in [0.05, 0.1) is 22.3 Å². The van der Waals surface area contributed by atoms with Gasteiger partial charge in [-0.1, -0.05) is 12.1 Å². The zero-order valence-corrected chi connectivity index (χ0v) is 16.5. The highest BCUT2D eigenvalue weighted by Crippen LogP contribution is 2.42. The van der Waals surface area contributed by atoms with Crippen molar-refractivity contribution in [2.45, 2.75) is 24.8 Å². The molecule has 0 unspecified atom stereocenters. The fourth-order valence-electron chi connectivity index (χ4n) is 3.48. The summed E-state index contributed by atoms with van der Waals surface area (Å²) in [5.41, 5.74) is 8.56. The minimum atomic E-state index is -3.33. The van der Waals surface area contributed by atoms with E-state index in [1.807, 2.05) is 0 Å². The zero-order valence-electron chi connectivity index (χ0n) is 15.7. The lowest BCUT2D eigenvalue weighted by molar-refractivity contribution is -0.117. The second-order valence-corrected chi connectivity index (χ2v) is 8.87. The summed E-state index contributed by atoms with van der Waals surface area (Å²) in [7, 11) is -3.33. The summed E-state index contributed by atoms with van der Waals surface area (Å²) < 4.78 is 23.3. The molecule has 0 radical (unpaired) electrons. The molecule has 8 nitrogen and oxygen atoms in total. The quantitative estimate of drug-likeness (QED) is 0.744. The number of fused-ring (bicyclic) bond motifs is 1. The van der Waals surface area contributed by atoms with Crippen LogP contribution in [0.3, 0.4) is 0 Å². The molecular weight excluding hydrogens is 382 g/mol. The highest BCUT2D eigenvalue weighted by atomic mass is 32.2. The highest BCUT2D eigenvalue weighted by molar-refractivity contribution is 7.90. The monoisotopic (exact) mass is 403 g/mol. The van der Waals surface area contributed by atoms with Crippen molar-refractivity contribution in [1.29, 1.82) is 0 Å². The van der Waals surface area contributed by atoms with Gasteiger partial charge in [-0.25, -0.2) is 13.2 Å². The van der Waals surface area contributed by atoms with Gasteiger partial charge in [0.1, 0.15) is 0 Å². The van der Waals surface area contributed by atoms with Crippen molar-refractivity contribution in [2.24, 2.45) is 0 Å². The van der Waals surface area contributed by atoms with Gasteiger partial charge in [0.25, 0.3) is 0 Å². The Hall–Kier alpha value is -3.07. The van der Waals surface area contributed by atoms with Gasteiger partial charge in [-0.3, -0.25) is 9.69 Å². The molecule has 3 N–H and O–H groups in total. The van der Waals surface area contributed by atoms with Gasteiger partial charge < -0.3 is 15.7 Å². The van der Waals surface area contributed by atoms with Gasteiger partial charge in [0.15, 0.2) is 9.84 Å². The van der Waals surface area contributed by atoms with Crippen LogP contribution in [-0.4, -0.2) is 44.4 Å². The summed E-state index contributed by atoms with van der Waals surface area (Å²) in [6.45, 7) is 3.33. The Morgan fingerprint density at radius 3 is 2.25 bits per heavy atom. The van der Waals surface area contributed by atoms with E-state index in [0.717, 1.165) is 6.26 Å². The maximum absolute atomic E-state index is 12.1. The smallest absolute Gasteiger partial charge is 0.411 e. The fraction of sp³-hybridized carbons (Fsp3) is 0.263. The summed E-state index contributed by atoms with van der Waals surface area (Å²) in [6.07, 6.45) is -0.00298. The summed E-state index contributed by atoms with van der Waals surface area (Å²) in [6, 6.07) is 9.06. The van der Waals surface area contributed by atoms with E-state index in [0.29, 0.717) is 28.2 Å². The van der Waals surface area contributed by atoms with Crippen LogP contribution in [0.5, 0.6) is 0 Å². The first-order valence-electron chi connectivity index (χ1n) is 8.55. The second-order valence-electron chi connectivity index (χ2n) is 6.86. The first kappa shape index (κ1) is 19.7. The number of carbonyl (C=O) groups excluding carboxylic acids is 1. The van der Waals surface area contributed by atoms with E-state index in [-0.39, 0.29) is 23.4 Å². The van der Waals surface area contributed by atoms with E-state index >= 15 is 0 Å². The maximum atomic E-state index is 12.1. The third kappa shape index (κ3) is 3.40. The predicted molar refractivity (Wildman–Crippen MR) is 107 cm³/mol. The third-order valence-corrected chi connectivity index (χ3v) is 5.88. The molecule has 0 spiro atoms. The van der Waals surface area contributed by atoms with E-state index in [9.17, 15) is 23.1 Å². The van der Waals surface area contributed by atoms with E-state index in [2.05, 4.69) is 0 Å². The Bertz CT molecular complexity index is 1060. The first-order chi connectivity index (χ1) is 13.0. The van der Waals surface area contributed by atoms with Gasteiger partial charge in [-0.15, -0.1) is 0 Å². The molecule has 2 amide bonds. The minimum Gasteiger partial charge on any atom is -0.465 e. The van der Waals surface area contributed by atoms with Crippen LogP contribution in [0.4, 0.5) is 21.9 Å². The van der Waals surface area contributed by atoms with Crippen LogP contribution in [0.2, 0.25) is 0 Å². The van der Waals surface area contributed by atoms with Gasteiger partial charge in [0, 0.05) is 31.0 Å². The van der Waals surface area contributed by atoms with E-state index in [4.69, 9.17) is 5.73 Å². The normalized spacial score (nSPS) is 16.6. The number of carbonyl (C=O) groups is 2. The number of amides is 2. The molecule has 0 fully saturated rings. The number of carboxylic acid groups (broad SMARTS) is 1. The number of benzene rings is 2. The number of nitrogens with zero attached hydrogens (tertiary/aromatic N) is 2. The van der Waals surface area contributed by atoms with Crippen LogP contribution in [0.1, 0.15) is 13.8 Å². The summed E-state index contributed by atoms with van der Waals surface area (Å²) in [5, 5.41) is 9.61. The molecule has 0 bridgehead atoms. The molecule has 3 rings (SSSR count).